The zero-order valence-corrected chi connectivity index (χ0v) is 19.2. The van der Waals surface area contributed by atoms with Gasteiger partial charge in [0.05, 0.1) is 5.69 Å². The second kappa shape index (κ2) is 8.51. The number of hydrogen-bond donors (Lipinski definition) is 1. The molecule has 0 spiro atoms. The second-order valence-electron chi connectivity index (χ2n) is 7.73. The fourth-order valence-corrected chi connectivity index (χ4v) is 3.36. The van der Waals surface area contributed by atoms with E-state index >= 15 is 0 Å². The minimum absolute atomic E-state index is 0.252. The van der Waals surface area contributed by atoms with Gasteiger partial charge in [-0.1, -0.05) is 35.0 Å². The number of nitrogens with one attached hydrogen (secondary N) is 1. The number of carbonyl (C=O) groups excluding carboxylic acids is 1. The van der Waals surface area contributed by atoms with E-state index in [2.05, 4.69) is 50.5 Å². The fraction of sp³-hybridized carbons (Fsp3) is 0.208. The summed E-state index contributed by atoms with van der Waals surface area (Å²) in [6, 6.07) is 21.0. The number of nitrogens with zero attached hydrogens (tertiary/aromatic N) is 3. The van der Waals surface area contributed by atoms with Crippen molar-refractivity contribution in [3.05, 3.63) is 76.8 Å². The van der Waals surface area contributed by atoms with Gasteiger partial charge in [-0.05, 0) is 80.4 Å². The van der Waals surface area contributed by atoms with Gasteiger partial charge in [-0.15, -0.1) is 10.2 Å². The molecule has 0 saturated heterocycles. The van der Waals surface area contributed by atoms with E-state index in [9.17, 15) is 4.79 Å². The molecule has 0 fully saturated rings. The van der Waals surface area contributed by atoms with Gasteiger partial charge in [0, 0.05) is 10.2 Å². The van der Waals surface area contributed by atoms with Crippen LogP contribution in [0.4, 0.5) is 5.69 Å². The fourth-order valence-electron chi connectivity index (χ4n) is 3.10. The van der Waals surface area contributed by atoms with Crippen LogP contribution in [0.1, 0.15) is 26.3 Å². The normalized spacial score (nSPS) is 11.5. The van der Waals surface area contributed by atoms with E-state index in [1.165, 1.54) is 5.56 Å². The number of fused-ring (bicyclic) bond motifs is 1. The quantitative estimate of drug-likeness (QED) is 0.394. The SMILES string of the molecule is CCc1ccc(-n2nc3ccc(NC(=O)C(C)(C)Oc4ccc(Br)cc4)cc3n2)cc1. The van der Waals surface area contributed by atoms with Crippen molar-refractivity contribution >= 4 is 38.6 Å². The maximum Gasteiger partial charge on any atom is 0.267 e. The summed E-state index contributed by atoms with van der Waals surface area (Å²) in [4.78, 5) is 14.4. The molecule has 0 aliphatic carbocycles. The van der Waals surface area contributed by atoms with Crippen molar-refractivity contribution in [2.75, 3.05) is 5.32 Å². The number of amides is 1. The highest BCUT2D eigenvalue weighted by Gasteiger charge is 2.30. The molecule has 0 unspecified atom stereocenters. The molecule has 1 heterocycles. The van der Waals surface area contributed by atoms with Gasteiger partial charge in [0.25, 0.3) is 5.91 Å². The highest BCUT2D eigenvalue weighted by Crippen LogP contribution is 2.23. The number of hydrogen-bond acceptors (Lipinski definition) is 4. The molecule has 0 atom stereocenters. The zero-order chi connectivity index (χ0) is 22.0. The molecule has 4 aromatic rings. The van der Waals surface area contributed by atoms with Gasteiger partial charge in [0.2, 0.25) is 0 Å². The molecular weight excluding hydrogens is 456 g/mol. The van der Waals surface area contributed by atoms with Gasteiger partial charge >= 0.3 is 0 Å². The number of aryl methyl sites for hydroxylation is 1. The van der Waals surface area contributed by atoms with Crippen LogP contribution >= 0.6 is 15.9 Å². The monoisotopic (exact) mass is 478 g/mol. The molecule has 7 heteroatoms. The first-order chi connectivity index (χ1) is 14.8. The van der Waals surface area contributed by atoms with Gasteiger partial charge in [0.15, 0.2) is 5.60 Å². The Morgan fingerprint density at radius 2 is 1.68 bits per heavy atom. The third-order valence-corrected chi connectivity index (χ3v) is 5.48. The van der Waals surface area contributed by atoms with Gasteiger partial charge in [-0.3, -0.25) is 4.79 Å². The highest BCUT2D eigenvalue weighted by atomic mass is 79.9. The average Bonchev–Trinajstić information content (AvgIpc) is 3.18. The van der Waals surface area contributed by atoms with Crippen molar-refractivity contribution < 1.29 is 9.53 Å². The standard InChI is InChI=1S/C24H23BrN4O2/c1-4-16-5-10-19(11-6-16)29-27-21-14-9-18(15-22(21)28-29)26-23(30)24(2,3)31-20-12-7-17(25)8-13-20/h5-15H,4H2,1-3H3,(H,26,30). The first kappa shape index (κ1) is 21.1. The largest absolute Gasteiger partial charge is 0.478 e. The van der Waals surface area contributed by atoms with E-state index in [0.717, 1.165) is 22.1 Å². The highest BCUT2D eigenvalue weighted by molar-refractivity contribution is 9.10. The number of halogens is 1. The van der Waals surface area contributed by atoms with Gasteiger partial charge in [0.1, 0.15) is 16.8 Å². The molecule has 31 heavy (non-hydrogen) atoms. The van der Waals surface area contributed by atoms with Crippen LogP contribution in [-0.4, -0.2) is 26.5 Å². The van der Waals surface area contributed by atoms with Crippen LogP contribution in [0.15, 0.2) is 71.2 Å². The minimum atomic E-state index is -1.05. The van der Waals surface area contributed by atoms with Crippen molar-refractivity contribution in [2.24, 2.45) is 0 Å². The van der Waals surface area contributed by atoms with Crippen LogP contribution in [-0.2, 0) is 11.2 Å². The van der Waals surface area contributed by atoms with E-state index < -0.39 is 5.60 Å². The van der Waals surface area contributed by atoms with Crippen molar-refractivity contribution in [1.29, 1.82) is 0 Å². The Labute approximate surface area is 189 Å². The first-order valence-corrected chi connectivity index (χ1v) is 10.9. The third-order valence-electron chi connectivity index (χ3n) is 4.95. The number of anilines is 1. The van der Waals surface area contributed by atoms with Crippen LogP contribution in [0.25, 0.3) is 16.7 Å². The Kier molecular flexibility index (Phi) is 5.78. The summed E-state index contributed by atoms with van der Waals surface area (Å²) in [5.41, 5.74) is 3.19. The van der Waals surface area contributed by atoms with Crippen LogP contribution < -0.4 is 10.1 Å². The molecule has 1 amide bonds. The molecule has 0 bridgehead atoms. The molecule has 158 valence electrons. The molecule has 0 radical (unpaired) electrons. The second-order valence-corrected chi connectivity index (χ2v) is 8.65. The lowest BCUT2D eigenvalue weighted by Gasteiger charge is -2.25. The molecular formula is C24H23BrN4O2. The van der Waals surface area contributed by atoms with Gasteiger partial charge < -0.3 is 10.1 Å². The van der Waals surface area contributed by atoms with Crippen LogP contribution in [0.2, 0.25) is 0 Å². The molecule has 4 rings (SSSR count). The van der Waals surface area contributed by atoms with Crippen molar-refractivity contribution in [3.63, 3.8) is 0 Å². The predicted octanol–water partition coefficient (Wildman–Crippen LogP) is 5.54. The summed E-state index contributed by atoms with van der Waals surface area (Å²) in [5, 5.41) is 12.0. The van der Waals surface area contributed by atoms with E-state index in [0.29, 0.717) is 17.0 Å². The Morgan fingerprint density at radius 3 is 2.35 bits per heavy atom. The molecule has 3 aromatic carbocycles. The first-order valence-electron chi connectivity index (χ1n) is 10.1. The maximum atomic E-state index is 12.8. The topological polar surface area (TPSA) is 69.0 Å². The summed E-state index contributed by atoms with van der Waals surface area (Å²) >= 11 is 3.39. The van der Waals surface area contributed by atoms with Gasteiger partial charge in [-0.25, -0.2) is 0 Å². The molecule has 1 aromatic heterocycles. The lowest BCUT2D eigenvalue weighted by Crippen LogP contribution is -2.42. The summed E-state index contributed by atoms with van der Waals surface area (Å²) < 4.78 is 6.84. The Morgan fingerprint density at radius 1 is 1.00 bits per heavy atom. The van der Waals surface area contributed by atoms with Crippen LogP contribution in [0.5, 0.6) is 5.75 Å². The average molecular weight is 479 g/mol. The molecule has 1 N–H and O–H groups in total. The minimum Gasteiger partial charge on any atom is -0.478 e. The number of benzene rings is 3. The Hall–Kier alpha value is -3.19. The van der Waals surface area contributed by atoms with Crippen molar-refractivity contribution in [1.82, 2.24) is 15.0 Å². The van der Waals surface area contributed by atoms with E-state index in [1.807, 2.05) is 54.6 Å². The van der Waals surface area contributed by atoms with E-state index in [4.69, 9.17) is 4.74 Å². The van der Waals surface area contributed by atoms with Gasteiger partial charge in [-0.2, -0.15) is 4.80 Å². The summed E-state index contributed by atoms with van der Waals surface area (Å²) in [7, 11) is 0. The molecule has 6 nitrogen and oxygen atoms in total. The maximum absolute atomic E-state index is 12.8. The molecule has 0 aliphatic heterocycles. The summed E-state index contributed by atoms with van der Waals surface area (Å²) in [6.45, 7) is 5.59. The summed E-state index contributed by atoms with van der Waals surface area (Å²) in [5.74, 6) is 0.369. The smallest absolute Gasteiger partial charge is 0.267 e. The molecule has 0 saturated carbocycles. The van der Waals surface area contributed by atoms with Crippen LogP contribution in [0, 0.1) is 0 Å². The Bertz CT molecular complexity index is 1210. The molecule has 0 aliphatic rings. The third kappa shape index (κ3) is 4.77. The predicted molar refractivity (Wildman–Crippen MR) is 126 cm³/mol. The lowest BCUT2D eigenvalue weighted by molar-refractivity contribution is -0.128. The van der Waals surface area contributed by atoms with E-state index in [-0.39, 0.29) is 5.91 Å². The lowest BCUT2D eigenvalue weighted by atomic mass is 10.1. The van der Waals surface area contributed by atoms with Crippen LogP contribution in [0.3, 0.4) is 0 Å². The van der Waals surface area contributed by atoms with Crippen molar-refractivity contribution in [2.45, 2.75) is 32.8 Å². The number of rotatable bonds is 6. The number of ether oxygens (including phenoxy) is 1. The number of carbonyl (C=O) groups is 1. The number of aromatic nitrogens is 3. The van der Waals surface area contributed by atoms with E-state index in [1.54, 1.807) is 18.6 Å². The summed E-state index contributed by atoms with van der Waals surface area (Å²) in [6.07, 6.45) is 0.986. The van der Waals surface area contributed by atoms with Crippen molar-refractivity contribution in [3.8, 4) is 11.4 Å². The zero-order valence-electron chi connectivity index (χ0n) is 17.6. The Balaban J connectivity index is 1.51.